The van der Waals surface area contributed by atoms with E-state index in [4.69, 9.17) is 0 Å². The first-order chi connectivity index (χ1) is 5.99. The van der Waals surface area contributed by atoms with Crippen molar-refractivity contribution in [3.63, 3.8) is 0 Å². The Morgan fingerprint density at radius 2 is 2.23 bits per heavy atom. The van der Waals surface area contributed by atoms with E-state index in [0.717, 1.165) is 7.11 Å². The molecule has 1 rings (SSSR count). The minimum absolute atomic E-state index is 0.0327. The van der Waals surface area contributed by atoms with Crippen LogP contribution in [0.1, 0.15) is 12.8 Å². The van der Waals surface area contributed by atoms with E-state index >= 15 is 0 Å². The molecule has 6 heteroatoms. The number of hydrogen-bond acceptors (Lipinski definition) is 4. The van der Waals surface area contributed by atoms with E-state index in [1.807, 2.05) is 0 Å². The van der Waals surface area contributed by atoms with E-state index in [1.54, 1.807) is 0 Å². The molecule has 0 aromatic heterocycles. The zero-order valence-electron chi connectivity index (χ0n) is 7.20. The molecule has 0 N–H and O–H groups in total. The third-order valence-corrected chi connectivity index (χ3v) is 4.39. The number of rotatable bonds is 2. The second-order valence-electron chi connectivity index (χ2n) is 2.97. The average Bonchev–Trinajstić information content (AvgIpc) is 2.42. The van der Waals surface area contributed by atoms with Crippen molar-refractivity contribution >= 4 is 15.8 Å². The highest BCUT2D eigenvalue weighted by atomic mass is 32.2. The van der Waals surface area contributed by atoms with Gasteiger partial charge in [-0.2, -0.15) is 0 Å². The van der Waals surface area contributed by atoms with Crippen LogP contribution in [0.15, 0.2) is 0 Å². The summed E-state index contributed by atoms with van der Waals surface area (Å²) in [6.07, 6.45) is -1.40. The summed E-state index contributed by atoms with van der Waals surface area (Å²) in [5, 5.41) is -1.19. The highest BCUT2D eigenvalue weighted by Crippen LogP contribution is 2.25. The van der Waals surface area contributed by atoms with Gasteiger partial charge in [0.25, 0.3) is 0 Å². The molecule has 1 aliphatic rings. The number of halogens is 1. The van der Waals surface area contributed by atoms with Crippen molar-refractivity contribution in [3.05, 3.63) is 0 Å². The Morgan fingerprint density at radius 1 is 1.62 bits per heavy atom. The van der Waals surface area contributed by atoms with E-state index in [0.29, 0.717) is 6.42 Å². The predicted molar refractivity (Wildman–Crippen MR) is 43.7 cm³/mol. The number of esters is 1. The quantitative estimate of drug-likeness (QED) is 0.605. The van der Waals surface area contributed by atoms with Crippen LogP contribution in [0.4, 0.5) is 4.39 Å². The minimum atomic E-state index is -3.42. The van der Waals surface area contributed by atoms with Crippen LogP contribution in [-0.2, 0) is 19.4 Å². The number of sulfone groups is 1. The van der Waals surface area contributed by atoms with Crippen LogP contribution >= 0.6 is 0 Å². The lowest BCUT2D eigenvalue weighted by Gasteiger charge is -2.11. The molecule has 0 radical (unpaired) electrons. The molecule has 0 saturated carbocycles. The van der Waals surface area contributed by atoms with Crippen molar-refractivity contribution in [2.75, 3.05) is 12.9 Å². The Labute approximate surface area is 76.0 Å². The summed E-state index contributed by atoms with van der Waals surface area (Å²) >= 11 is 0. The standard InChI is InChI=1S/C7H11FO4S/c1-12-7(9)6(8)5-3-2-4-13(5,10)11/h5-6H,2-4H2,1H3. The molecule has 1 saturated heterocycles. The minimum Gasteiger partial charge on any atom is -0.467 e. The zero-order valence-corrected chi connectivity index (χ0v) is 8.01. The van der Waals surface area contributed by atoms with Gasteiger partial charge >= 0.3 is 5.97 Å². The molecule has 1 heterocycles. The topological polar surface area (TPSA) is 60.4 Å². The molecule has 76 valence electrons. The largest absolute Gasteiger partial charge is 0.467 e. The van der Waals surface area contributed by atoms with Crippen molar-refractivity contribution in [2.24, 2.45) is 0 Å². The van der Waals surface area contributed by atoms with Gasteiger partial charge in [0, 0.05) is 0 Å². The zero-order chi connectivity index (χ0) is 10.1. The number of methoxy groups -OCH3 is 1. The van der Waals surface area contributed by atoms with Crippen molar-refractivity contribution in [3.8, 4) is 0 Å². The third kappa shape index (κ3) is 1.99. The summed E-state index contributed by atoms with van der Waals surface area (Å²) < 4.78 is 39.6. The van der Waals surface area contributed by atoms with Crippen LogP contribution < -0.4 is 0 Å². The van der Waals surface area contributed by atoms with Gasteiger partial charge in [-0.05, 0) is 12.8 Å². The van der Waals surface area contributed by atoms with E-state index in [2.05, 4.69) is 4.74 Å². The Kier molecular flexibility index (Phi) is 2.90. The van der Waals surface area contributed by atoms with Crippen molar-refractivity contribution in [2.45, 2.75) is 24.3 Å². The van der Waals surface area contributed by atoms with Crippen molar-refractivity contribution in [1.82, 2.24) is 0 Å². The second kappa shape index (κ2) is 3.61. The van der Waals surface area contributed by atoms with Gasteiger partial charge in [0.05, 0.1) is 12.9 Å². The second-order valence-corrected chi connectivity index (χ2v) is 5.31. The summed E-state index contributed by atoms with van der Waals surface area (Å²) in [6.45, 7) is 0. The highest BCUT2D eigenvalue weighted by Gasteiger charge is 2.42. The van der Waals surface area contributed by atoms with E-state index in [9.17, 15) is 17.6 Å². The average molecular weight is 210 g/mol. The van der Waals surface area contributed by atoms with Gasteiger partial charge in [-0.3, -0.25) is 0 Å². The van der Waals surface area contributed by atoms with Crippen LogP contribution in [-0.4, -0.2) is 38.7 Å². The lowest BCUT2D eigenvalue weighted by Crippen LogP contribution is -2.34. The molecule has 2 unspecified atom stereocenters. The first-order valence-corrected chi connectivity index (χ1v) is 5.64. The SMILES string of the molecule is COC(=O)C(F)C1CCCS1(=O)=O. The summed E-state index contributed by atoms with van der Waals surface area (Å²) in [6, 6.07) is 0. The van der Waals surface area contributed by atoms with Gasteiger partial charge in [0.1, 0.15) is 5.25 Å². The molecule has 13 heavy (non-hydrogen) atoms. The van der Waals surface area contributed by atoms with Gasteiger partial charge in [-0.15, -0.1) is 0 Å². The third-order valence-electron chi connectivity index (χ3n) is 2.13. The first kappa shape index (κ1) is 10.4. The van der Waals surface area contributed by atoms with Crippen LogP contribution in [0.25, 0.3) is 0 Å². The fraction of sp³-hybridized carbons (Fsp3) is 0.857. The molecule has 0 aromatic carbocycles. The number of carbonyl (C=O) groups excluding carboxylic acids is 1. The van der Waals surface area contributed by atoms with Gasteiger partial charge in [0.15, 0.2) is 9.84 Å². The normalized spacial score (nSPS) is 28.3. The summed E-state index contributed by atoms with van der Waals surface area (Å²) in [5.41, 5.74) is 0. The molecule has 0 aromatic rings. The van der Waals surface area contributed by atoms with E-state index in [1.165, 1.54) is 0 Å². The number of carbonyl (C=O) groups is 1. The van der Waals surface area contributed by atoms with Crippen molar-refractivity contribution < 1.29 is 22.3 Å². The van der Waals surface area contributed by atoms with E-state index in [-0.39, 0.29) is 12.2 Å². The van der Waals surface area contributed by atoms with Gasteiger partial charge in [-0.1, -0.05) is 0 Å². The van der Waals surface area contributed by atoms with Crippen LogP contribution in [0.5, 0.6) is 0 Å². The Morgan fingerprint density at radius 3 is 2.62 bits per heavy atom. The summed E-state index contributed by atoms with van der Waals surface area (Å²) in [4.78, 5) is 10.7. The molecule has 1 fully saturated rings. The molecule has 4 nitrogen and oxygen atoms in total. The molecule has 1 aliphatic heterocycles. The molecular formula is C7H11FO4S. The Hall–Kier alpha value is -0.650. The molecule has 2 atom stereocenters. The number of ether oxygens (including phenoxy) is 1. The fourth-order valence-corrected chi connectivity index (χ4v) is 3.28. The van der Waals surface area contributed by atoms with Crippen LogP contribution in [0.2, 0.25) is 0 Å². The molecule has 0 bridgehead atoms. The number of hydrogen-bond donors (Lipinski definition) is 0. The van der Waals surface area contributed by atoms with Crippen molar-refractivity contribution in [1.29, 1.82) is 0 Å². The number of alkyl halides is 1. The van der Waals surface area contributed by atoms with Gasteiger partial charge in [0.2, 0.25) is 6.17 Å². The highest BCUT2D eigenvalue weighted by molar-refractivity contribution is 7.92. The van der Waals surface area contributed by atoms with Gasteiger partial charge in [-0.25, -0.2) is 17.6 Å². The maximum absolute atomic E-state index is 13.1. The van der Waals surface area contributed by atoms with Crippen LogP contribution in [0.3, 0.4) is 0 Å². The first-order valence-electron chi connectivity index (χ1n) is 3.92. The Bertz CT molecular complexity index is 298. The smallest absolute Gasteiger partial charge is 0.341 e. The summed E-state index contributed by atoms with van der Waals surface area (Å²) in [5.74, 6) is -1.13. The lowest BCUT2D eigenvalue weighted by molar-refractivity contribution is -0.146. The predicted octanol–water partition coefficient (Wildman–Crippen LogP) is 0.0747. The molecular weight excluding hydrogens is 199 g/mol. The Balaban J connectivity index is 2.78. The van der Waals surface area contributed by atoms with Gasteiger partial charge < -0.3 is 4.74 Å². The maximum Gasteiger partial charge on any atom is 0.341 e. The molecule has 0 aliphatic carbocycles. The van der Waals surface area contributed by atoms with Crippen LogP contribution in [0, 0.1) is 0 Å². The maximum atomic E-state index is 13.1. The molecule has 0 spiro atoms. The van der Waals surface area contributed by atoms with E-state index < -0.39 is 27.2 Å². The monoisotopic (exact) mass is 210 g/mol. The molecule has 0 amide bonds. The summed E-state index contributed by atoms with van der Waals surface area (Å²) in [7, 11) is -2.38. The fourth-order valence-electron chi connectivity index (χ4n) is 1.41. The lowest BCUT2D eigenvalue weighted by atomic mass is 10.2.